The lowest BCUT2D eigenvalue weighted by Crippen LogP contribution is -2.13. The van der Waals surface area contributed by atoms with Crippen LogP contribution < -0.4 is 9.47 Å². The van der Waals surface area contributed by atoms with Crippen LogP contribution >= 0.6 is 0 Å². The Balaban J connectivity index is 1.83. The van der Waals surface area contributed by atoms with Crippen LogP contribution in [0.2, 0.25) is 0 Å². The number of esters is 1. The molecule has 0 atom stereocenters. The maximum absolute atomic E-state index is 12.0. The van der Waals surface area contributed by atoms with Gasteiger partial charge in [0.1, 0.15) is 36.4 Å². The molecule has 0 unspecified atom stereocenters. The Morgan fingerprint density at radius 2 is 1.68 bits per heavy atom. The molecule has 2 rings (SSSR count). The molecule has 5 nitrogen and oxygen atoms in total. The maximum atomic E-state index is 12.0. The van der Waals surface area contributed by atoms with E-state index in [4.69, 9.17) is 19.5 Å². The minimum atomic E-state index is -0.665. The third kappa shape index (κ3) is 5.70. The molecular formula is C20H19NO4. The summed E-state index contributed by atoms with van der Waals surface area (Å²) in [4.78, 5) is 12.0. The summed E-state index contributed by atoms with van der Waals surface area (Å²) in [6.45, 7) is 2.22. The summed E-state index contributed by atoms with van der Waals surface area (Å²) < 4.78 is 15.6. The van der Waals surface area contributed by atoms with E-state index in [1.165, 1.54) is 6.08 Å². The number of nitriles is 1. The number of benzene rings is 2. The normalized spacial score (nSPS) is 10.7. The molecule has 0 aromatic heterocycles. The second kappa shape index (κ2) is 9.14. The van der Waals surface area contributed by atoms with Gasteiger partial charge >= 0.3 is 5.97 Å². The second-order valence-electron chi connectivity index (χ2n) is 5.24. The molecule has 0 amide bonds. The lowest BCUT2D eigenvalue weighted by molar-refractivity contribution is -0.139. The molecule has 5 heteroatoms. The number of hydrogen-bond donors (Lipinski definition) is 0. The molecule has 0 heterocycles. The first-order valence-electron chi connectivity index (χ1n) is 7.75. The standard InChI is InChI=1S/C20H19NO4/c1-15-3-5-16(6-4-15)13-17(14-21)20(22)25-12-11-24-19-9-7-18(23-2)8-10-19/h3-10,13H,11-12H2,1-2H3/b17-13+. The molecule has 0 fully saturated rings. The second-order valence-corrected chi connectivity index (χ2v) is 5.24. The Morgan fingerprint density at radius 3 is 2.28 bits per heavy atom. The predicted octanol–water partition coefficient (Wildman–Crippen LogP) is 3.53. The van der Waals surface area contributed by atoms with Gasteiger partial charge in [-0.25, -0.2) is 4.79 Å². The fourth-order valence-corrected chi connectivity index (χ4v) is 2.01. The van der Waals surface area contributed by atoms with Crippen LogP contribution in [0.15, 0.2) is 54.1 Å². The van der Waals surface area contributed by atoms with Gasteiger partial charge in [-0.15, -0.1) is 0 Å². The smallest absolute Gasteiger partial charge is 0.349 e. The average molecular weight is 337 g/mol. The van der Waals surface area contributed by atoms with Gasteiger partial charge in [0.25, 0.3) is 0 Å². The van der Waals surface area contributed by atoms with Crippen molar-refractivity contribution in [1.29, 1.82) is 5.26 Å². The van der Waals surface area contributed by atoms with Gasteiger partial charge in [-0.2, -0.15) is 5.26 Å². The Hall–Kier alpha value is -3.26. The SMILES string of the molecule is COc1ccc(OCCOC(=O)/C(C#N)=C/c2ccc(C)cc2)cc1. The first-order chi connectivity index (χ1) is 12.1. The van der Waals surface area contributed by atoms with Crippen LogP contribution in [0.3, 0.4) is 0 Å². The lowest BCUT2D eigenvalue weighted by atomic mass is 10.1. The van der Waals surface area contributed by atoms with E-state index in [0.29, 0.717) is 5.75 Å². The van der Waals surface area contributed by atoms with E-state index in [9.17, 15) is 4.79 Å². The Bertz CT molecular complexity index is 771. The number of carbonyl (C=O) groups is 1. The molecule has 128 valence electrons. The van der Waals surface area contributed by atoms with Gasteiger partial charge in [-0.05, 0) is 42.8 Å². The molecule has 0 saturated carbocycles. The van der Waals surface area contributed by atoms with Gasteiger partial charge in [0.2, 0.25) is 0 Å². The fourth-order valence-electron chi connectivity index (χ4n) is 2.01. The van der Waals surface area contributed by atoms with Crippen molar-refractivity contribution in [2.45, 2.75) is 6.92 Å². The van der Waals surface area contributed by atoms with Crippen LogP contribution in [0.5, 0.6) is 11.5 Å². The lowest BCUT2D eigenvalue weighted by Gasteiger charge is -2.07. The predicted molar refractivity (Wildman–Crippen MR) is 94.2 cm³/mol. The summed E-state index contributed by atoms with van der Waals surface area (Å²) in [7, 11) is 1.59. The molecule has 0 spiro atoms. The van der Waals surface area contributed by atoms with Crippen LogP contribution in [-0.2, 0) is 9.53 Å². The maximum Gasteiger partial charge on any atom is 0.349 e. The highest BCUT2D eigenvalue weighted by molar-refractivity contribution is 5.97. The van der Waals surface area contributed by atoms with Gasteiger partial charge in [0.05, 0.1) is 7.11 Å². The molecule has 0 saturated heterocycles. The summed E-state index contributed by atoms with van der Waals surface area (Å²) in [6, 6.07) is 16.5. The summed E-state index contributed by atoms with van der Waals surface area (Å²) in [5.74, 6) is 0.715. The van der Waals surface area contributed by atoms with Crippen LogP contribution in [-0.4, -0.2) is 26.3 Å². The number of rotatable bonds is 7. The molecular weight excluding hydrogens is 318 g/mol. The van der Waals surface area contributed by atoms with E-state index in [1.54, 1.807) is 31.4 Å². The van der Waals surface area contributed by atoms with Crippen molar-refractivity contribution in [3.63, 3.8) is 0 Å². The van der Waals surface area contributed by atoms with Gasteiger partial charge in [0, 0.05) is 0 Å². The first kappa shape index (κ1) is 18.1. The van der Waals surface area contributed by atoms with Crippen molar-refractivity contribution >= 4 is 12.0 Å². The van der Waals surface area contributed by atoms with Crippen molar-refractivity contribution in [3.05, 3.63) is 65.2 Å². The summed E-state index contributed by atoms with van der Waals surface area (Å²) in [5, 5.41) is 9.13. The van der Waals surface area contributed by atoms with Crippen LogP contribution in [0.4, 0.5) is 0 Å². The van der Waals surface area contributed by atoms with Crippen molar-refractivity contribution in [3.8, 4) is 17.6 Å². The van der Waals surface area contributed by atoms with E-state index in [0.717, 1.165) is 16.9 Å². The Labute approximate surface area is 147 Å². The number of carbonyl (C=O) groups excluding carboxylic acids is 1. The molecule has 0 bridgehead atoms. The first-order valence-corrected chi connectivity index (χ1v) is 7.75. The van der Waals surface area contributed by atoms with Crippen LogP contribution in [0, 0.1) is 18.3 Å². The molecule has 2 aromatic carbocycles. The number of methoxy groups -OCH3 is 1. The molecule has 25 heavy (non-hydrogen) atoms. The molecule has 0 aliphatic rings. The third-order valence-corrected chi connectivity index (χ3v) is 3.37. The number of ether oxygens (including phenoxy) is 3. The number of aryl methyl sites for hydroxylation is 1. The number of nitrogens with zero attached hydrogens (tertiary/aromatic N) is 1. The zero-order chi connectivity index (χ0) is 18.1. The highest BCUT2D eigenvalue weighted by Gasteiger charge is 2.10. The topological polar surface area (TPSA) is 68.6 Å². The van der Waals surface area contributed by atoms with Gasteiger partial charge in [0.15, 0.2) is 0 Å². The van der Waals surface area contributed by atoms with E-state index in [-0.39, 0.29) is 18.8 Å². The quantitative estimate of drug-likeness (QED) is 0.335. The third-order valence-electron chi connectivity index (χ3n) is 3.37. The van der Waals surface area contributed by atoms with E-state index < -0.39 is 5.97 Å². The number of hydrogen-bond acceptors (Lipinski definition) is 5. The monoisotopic (exact) mass is 337 g/mol. The van der Waals surface area contributed by atoms with Gasteiger partial charge in [-0.1, -0.05) is 29.8 Å². The van der Waals surface area contributed by atoms with Crippen molar-refractivity contribution in [2.75, 3.05) is 20.3 Å². The molecule has 0 N–H and O–H groups in total. The average Bonchev–Trinajstić information content (AvgIpc) is 2.65. The summed E-state index contributed by atoms with van der Waals surface area (Å²) in [5.41, 5.74) is 1.83. The van der Waals surface area contributed by atoms with E-state index in [2.05, 4.69) is 0 Å². The van der Waals surface area contributed by atoms with E-state index in [1.807, 2.05) is 37.3 Å². The molecule has 0 radical (unpaired) electrons. The highest BCUT2D eigenvalue weighted by atomic mass is 16.6. The zero-order valence-electron chi connectivity index (χ0n) is 14.2. The highest BCUT2D eigenvalue weighted by Crippen LogP contribution is 2.16. The Kier molecular flexibility index (Phi) is 6.61. The van der Waals surface area contributed by atoms with E-state index >= 15 is 0 Å². The molecule has 2 aromatic rings. The fraction of sp³-hybridized carbons (Fsp3) is 0.200. The van der Waals surface area contributed by atoms with Crippen LogP contribution in [0.25, 0.3) is 6.08 Å². The molecule has 0 aliphatic heterocycles. The van der Waals surface area contributed by atoms with Crippen molar-refractivity contribution in [1.82, 2.24) is 0 Å². The minimum Gasteiger partial charge on any atom is -0.497 e. The summed E-state index contributed by atoms with van der Waals surface area (Å²) in [6.07, 6.45) is 1.51. The minimum absolute atomic E-state index is 0.0479. The Morgan fingerprint density at radius 1 is 1.04 bits per heavy atom. The van der Waals surface area contributed by atoms with Crippen LogP contribution in [0.1, 0.15) is 11.1 Å². The van der Waals surface area contributed by atoms with Gasteiger partial charge in [-0.3, -0.25) is 0 Å². The largest absolute Gasteiger partial charge is 0.497 e. The summed E-state index contributed by atoms with van der Waals surface area (Å²) >= 11 is 0. The van der Waals surface area contributed by atoms with Crippen molar-refractivity contribution < 1.29 is 19.0 Å². The van der Waals surface area contributed by atoms with Crippen molar-refractivity contribution in [2.24, 2.45) is 0 Å². The van der Waals surface area contributed by atoms with Gasteiger partial charge < -0.3 is 14.2 Å². The zero-order valence-corrected chi connectivity index (χ0v) is 14.2. The molecule has 0 aliphatic carbocycles.